The Morgan fingerprint density at radius 2 is 1.58 bits per heavy atom. The van der Waals surface area contributed by atoms with Gasteiger partial charge >= 0.3 is 5.97 Å². The molecule has 0 heterocycles. The average molecular weight is 401 g/mol. The maximum absolute atomic E-state index is 11.9. The van der Waals surface area contributed by atoms with E-state index < -0.39 is 5.97 Å². The van der Waals surface area contributed by atoms with Crippen molar-refractivity contribution in [1.82, 2.24) is 0 Å². The van der Waals surface area contributed by atoms with Gasteiger partial charge in [0.15, 0.2) is 18.1 Å². The predicted molar refractivity (Wildman–Crippen MR) is 97.9 cm³/mol. The van der Waals surface area contributed by atoms with E-state index >= 15 is 0 Å². The predicted octanol–water partition coefficient (Wildman–Crippen LogP) is 4.14. The van der Waals surface area contributed by atoms with E-state index in [1.165, 1.54) is 27.4 Å². The van der Waals surface area contributed by atoms with Crippen molar-refractivity contribution < 1.29 is 28.5 Å². The Labute approximate surface area is 161 Å². The van der Waals surface area contributed by atoms with Gasteiger partial charge in [0.05, 0.1) is 26.4 Å². The van der Waals surface area contributed by atoms with Crippen molar-refractivity contribution in [1.29, 1.82) is 0 Å². The maximum atomic E-state index is 11.9. The first-order chi connectivity index (χ1) is 12.5. The molecule has 0 radical (unpaired) electrons. The van der Waals surface area contributed by atoms with Gasteiger partial charge in [0, 0.05) is 5.02 Å². The highest BCUT2D eigenvalue weighted by Gasteiger charge is 2.14. The number of halogens is 2. The molecule has 0 saturated heterocycles. The Balaban J connectivity index is 1.96. The highest BCUT2D eigenvalue weighted by molar-refractivity contribution is 6.35. The van der Waals surface area contributed by atoms with Crippen LogP contribution in [0.5, 0.6) is 23.0 Å². The van der Waals surface area contributed by atoms with Gasteiger partial charge in [-0.15, -0.1) is 0 Å². The van der Waals surface area contributed by atoms with Crippen molar-refractivity contribution in [3.63, 3.8) is 0 Å². The van der Waals surface area contributed by atoms with Crippen LogP contribution in [0, 0.1) is 0 Å². The van der Waals surface area contributed by atoms with E-state index in [0.717, 1.165) is 0 Å². The maximum Gasteiger partial charge on any atom is 0.344 e. The van der Waals surface area contributed by atoms with E-state index in [4.69, 9.17) is 46.9 Å². The Bertz CT molecular complexity index is 753. The molecule has 0 atom stereocenters. The second-order valence-corrected chi connectivity index (χ2v) is 5.90. The van der Waals surface area contributed by atoms with Crippen LogP contribution in [0.4, 0.5) is 0 Å². The average Bonchev–Trinajstić information content (AvgIpc) is 2.64. The summed E-state index contributed by atoms with van der Waals surface area (Å²) in [6, 6.07) is 8.12. The van der Waals surface area contributed by atoms with Gasteiger partial charge in [0.25, 0.3) is 0 Å². The minimum Gasteiger partial charge on any atom is -0.493 e. The molecule has 6 nitrogen and oxygen atoms in total. The van der Waals surface area contributed by atoms with Crippen molar-refractivity contribution in [2.24, 2.45) is 0 Å². The van der Waals surface area contributed by atoms with Gasteiger partial charge in [-0.2, -0.15) is 0 Å². The molecule has 2 rings (SSSR count). The molecule has 0 aliphatic rings. The molecule has 0 aliphatic heterocycles. The first kappa shape index (κ1) is 20.0. The summed E-state index contributed by atoms with van der Waals surface area (Å²) in [5, 5.41) is 0.794. The summed E-state index contributed by atoms with van der Waals surface area (Å²) in [6.45, 7) is -0.265. The fourth-order valence-electron chi connectivity index (χ4n) is 2.15. The van der Waals surface area contributed by atoms with Crippen LogP contribution >= 0.6 is 23.2 Å². The minimum atomic E-state index is -0.551. The van der Waals surface area contributed by atoms with Crippen LogP contribution in [0.15, 0.2) is 30.3 Å². The zero-order valence-corrected chi connectivity index (χ0v) is 16.0. The molecule has 0 N–H and O–H groups in total. The van der Waals surface area contributed by atoms with E-state index in [1.807, 2.05) is 0 Å². The first-order valence-electron chi connectivity index (χ1n) is 7.50. The molecule has 140 valence electrons. The van der Waals surface area contributed by atoms with Crippen molar-refractivity contribution in [2.75, 3.05) is 27.9 Å². The number of carbonyl (C=O) groups excluding carboxylic acids is 1. The number of methoxy groups -OCH3 is 3. The molecule has 0 aliphatic carbocycles. The van der Waals surface area contributed by atoms with E-state index in [-0.39, 0.29) is 13.2 Å². The van der Waals surface area contributed by atoms with Gasteiger partial charge in [-0.25, -0.2) is 4.79 Å². The molecule has 8 heteroatoms. The Hall–Kier alpha value is -2.31. The Kier molecular flexibility index (Phi) is 7.24. The SMILES string of the molecule is COc1cc(COC(=O)COc2ccc(Cl)cc2Cl)cc(OC)c1OC. The molecular weight excluding hydrogens is 383 g/mol. The van der Waals surface area contributed by atoms with E-state index in [2.05, 4.69) is 0 Å². The van der Waals surface area contributed by atoms with Crippen molar-refractivity contribution in [3.8, 4) is 23.0 Å². The number of benzene rings is 2. The molecule has 2 aromatic carbocycles. The Morgan fingerprint density at radius 3 is 2.12 bits per heavy atom. The second kappa shape index (κ2) is 9.40. The summed E-state index contributed by atoms with van der Waals surface area (Å²) in [6.07, 6.45) is 0. The van der Waals surface area contributed by atoms with Gasteiger partial charge in [-0.05, 0) is 35.9 Å². The summed E-state index contributed by atoms with van der Waals surface area (Å²) in [5.74, 6) is 1.21. The van der Waals surface area contributed by atoms with Crippen LogP contribution in [0.1, 0.15) is 5.56 Å². The molecule has 0 spiro atoms. The lowest BCUT2D eigenvalue weighted by Crippen LogP contribution is -2.15. The number of ether oxygens (including phenoxy) is 5. The van der Waals surface area contributed by atoms with Crippen LogP contribution in [0.2, 0.25) is 10.0 Å². The third-order valence-electron chi connectivity index (χ3n) is 3.36. The molecule has 0 fully saturated rings. The largest absolute Gasteiger partial charge is 0.493 e. The van der Waals surface area contributed by atoms with Gasteiger partial charge < -0.3 is 23.7 Å². The topological polar surface area (TPSA) is 63.2 Å². The highest BCUT2D eigenvalue weighted by Crippen LogP contribution is 2.38. The number of rotatable bonds is 8. The number of hydrogen-bond donors (Lipinski definition) is 0. The van der Waals surface area contributed by atoms with Crippen LogP contribution in [-0.2, 0) is 16.1 Å². The molecular formula is C18H18Cl2O6. The van der Waals surface area contributed by atoms with E-state index in [9.17, 15) is 4.79 Å². The normalized spacial score (nSPS) is 10.2. The van der Waals surface area contributed by atoms with Crippen LogP contribution < -0.4 is 18.9 Å². The molecule has 26 heavy (non-hydrogen) atoms. The number of hydrogen-bond acceptors (Lipinski definition) is 6. The van der Waals surface area contributed by atoms with Crippen LogP contribution in [0.25, 0.3) is 0 Å². The van der Waals surface area contributed by atoms with Gasteiger partial charge in [-0.3, -0.25) is 0 Å². The summed E-state index contributed by atoms with van der Waals surface area (Å²) >= 11 is 11.8. The van der Waals surface area contributed by atoms with Crippen molar-refractivity contribution in [3.05, 3.63) is 45.9 Å². The lowest BCUT2D eigenvalue weighted by Gasteiger charge is -2.14. The third kappa shape index (κ3) is 5.09. The zero-order chi connectivity index (χ0) is 19.1. The summed E-state index contributed by atoms with van der Waals surface area (Å²) in [7, 11) is 4.53. The molecule has 0 unspecified atom stereocenters. The summed E-state index contributed by atoms with van der Waals surface area (Å²) < 4.78 is 26.3. The number of carbonyl (C=O) groups is 1. The number of esters is 1. The smallest absolute Gasteiger partial charge is 0.344 e. The second-order valence-electron chi connectivity index (χ2n) is 5.06. The van der Waals surface area contributed by atoms with E-state index in [0.29, 0.717) is 38.6 Å². The molecule has 0 saturated carbocycles. The van der Waals surface area contributed by atoms with Gasteiger partial charge in [-0.1, -0.05) is 23.2 Å². The molecule has 2 aromatic rings. The minimum absolute atomic E-state index is 0.0211. The lowest BCUT2D eigenvalue weighted by molar-refractivity contribution is -0.147. The van der Waals surface area contributed by atoms with Crippen LogP contribution in [0.3, 0.4) is 0 Å². The highest BCUT2D eigenvalue weighted by atomic mass is 35.5. The fraction of sp³-hybridized carbons (Fsp3) is 0.278. The first-order valence-corrected chi connectivity index (χ1v) is 8.26. The monoisotopic (exact) mass is 400 g/mol. The van der Waals surface area contributed by atoms with Gasteiger partial charge in [0.1, 0.15) is 12.4 Å². The third-order valence-corrected chi connectivity index (χ3v) is 3.89. The van der Waals surface area contributed by atoms with Gasteiger partial charge in [0.2, 0.25) is 5.75 Å². The quantitative estimate of drug-likeness (QED) is 0.620. The fourth-order valence-corrected chi connectivity index (χ4v) is 2.62. The molecule has 0 amide bonds. The molecule has 0 bridgehead atoms. The molecule has 0 aromatic heterocycles. The lowest BCUT2D eigenvalue weighted by atomic mass is 10.2. The standard InChI is InChI=1S/C18H18Cl2O6/c1-22-15-6-11(7-16(23-2)18(15)24-3)9-26-17(21)10-25-14-5-4-12(19)8-13(14)20/h4-8H,9-10H2,1-3H3. The van der Waals surface area contributed by atoms with Crippen molar-refractivity contribution >= 4 is 29.2 Å². The van der Waals surface area contributed by atoms with E-state index in [1.54, 1.807) is 24.3 Å². The summed E-state index contributed by atoms with van der Waals surface area (Å²) in [4.78, 5) is 11.9. The summed E-state index contributed by atoms with van der Waals surface area (Å²) in [5.41, 5.74) is 0.678. The van der Waals surface area contributed by atoms with Crippen molar-refractivity contribution in [2.45, 2.75) is 6.61 Å². The van der Waals surface area contributed by atoms with Crippen LogP contribution in [-0.4, -0.2) is 33.9 Å². The Morgan fingerprint density at radius 1 is 0.923 bits per heavy atom. The zero-order valence-electron chi connectivity index (χ0n) is 14.5.